The highest BCUT2D eigenvalue weighted by Gasteiger charge is 2.30. The van der Waals surface area contributed by atoms with E-state index in [0.717, 1.165) is 43.9 Å². The van der Waals surface area contributed by atoms with Crippen molar-refractivity contribution in [2.24, 2.45) is 0 Å². The Kier molecular flexibility index (Phi) is 3.16. The van der Waals surface area contributed by atoms with E-state index in [1.807, 2.05) is 12.1 Å². The monoisotopic (exact) mass is 233 g/mol. The Bertz CT molecular complexity index is 407. The van der Waals surface area contributed by atoms with Crippen LogP contribution in [0, 0.1) is 0 Å². The minimum atomic E-state index is -0.748. The molecule has 0 atom stereocenters. The summed E-state index contributed by atoms with van der Waals surface area (Å²) in [5.74, 6) is 0. The average molecular weight is 233 g/mol. The van der Waals surface area contributed by atoms with E-state index in [2.05, 4.69) is 11.0 Å². The third-order valence-electron chi connectivity index (χ3n) is 3.43. The van der Waals surface area contributed by atoms with Gasteiger partial charge in [-0.1, -0.05) is 18.2 Å². The first kappa shape index (κ1) is 11.2. The predicted octanol–water partition coefficient (Wildman–Crippen LogP) is -0.263. The third kappa shape index (κ3) is 2.24. The molecule has 3 rings (SSSR count). The van der Waals surface area contributed by atoms with Gasteiger partial charge in [-0.2, -0.15) is 0 Å². The minimum absolute atomic E-state index is 0.521. The Morgan fingerprint density at radius 2 is 2.12 bits per heavy atom. The van der Waals surface area contributed by atoms with E-state index >= 15 is 0 Å². The van der Waals surface area contributed by atoms with Gasteiger partial charge in [0.15, 0.2) is 0 Å². The van der Waals surface area contributed by atoms with Crippen molar-refractivity contribution in [3.8, 4) is 0 Å². The maximum absolute atomic E-state index is 9.83. The quantitative estimate of drug-likeness (QED) is 0.714. The van der Waals surface area contributed by atoms with Crippen LogP contribution in [-0.2, 0) is 22.5 Å². The Balaban J connectivity index is 1.81. The van der Waals surface area contributed by atoms with E-state index < -0.39 is 7.12 Å². The van der Waals surface area contributed by atoms with Crippen molar-refractivity contribution in [1.29, 1.82) is 0 Å². The molecule has 0 aromatic heterocycles. The molecule has 0 amide bonds. The standard InChI is InChI=1S/C12H16BNO3/c15-13-12-10(2-1-3-11(12)9-17-13)8-14-4-6-16-7-5-14/h1-3,15H,4-9H2. The molecule has 0 saturated carbocycles. The van der Waals surface area contributed by atoms with Crippen LogP contribution in [0.25, 0.3) is 0 Å². The van der Waals surface area contributed by atoms with Crippen LogP contribution >= 0.6 is 0 Å². The smallest absolute Gasteiger partial charge is 0.423 e. The molecule has 5 heteroatoms. The molecule has 4 nitrogen and oxygen atoms in total. The van der Waals surface area contributed by atoms with Crippen molar-refractivity contribution < 1.29 is 14.4 Å². The lowest BCUT2D eigenvalue weighted by molar-refractivity contribution is 0.0343. The van der Waals surface area contributed by atoms with Gasteiger partial charge >= 0.3 is 7.12 Å². The van der Waals surface area contributed by atoms with Crippen molar-refractivity contribution >= 4 is 12.6 Å². The van der Waals surface area contributed by atoms with Crippen molar-refractivity contribution in [3.05, 3.63) is 29.3 Å². The van der Waals surface area contributed by atoms with Crippen LogP contribution in [0.1, 0.15) is 11.1 Å². The second kappa shape index (κ2) is 4.78. The molecule has 1 aromatic carbocycles. The minimum Gasteiger partial charge on any atom is -0.423 e. The van der Waals surface area contributed by atoms with Crippen LogP contribution < -0.4 is 5.46 Å². The zero-order valence-electron chi connectivity index (χ0n) is 9.76. The first-order valence-corrected chi connectivity index (χ1v) is 6.05. The number of ether oxygens (including phenoxy) is 1. The van der Waals surface area contributed by atoms with Gasteiger partial charge in [0.25, 0.3) is 0 Å². The summed E-state index contributed by atoms with van der Waals surface area (Å²) < 4.78 is 10.6. The molecule has 0 radical (unpaired) electrons. The van der Waals surface area contributed by atoms with Crippen molar-refractivity contribution in [1.82, 2.24) is 4.90 Å². The highest BCUT2D eigenvalue weighted by Crippen LogP contribution is 2.14. The normalized spacial score (nSPS) is 20.6. The average Bonchev–Trinajstić information content (AvgIpc) is 2.74. The lowest BCUT2D eigenvalue weighted by Gasteiger charge is -2.27. The fourth-order valence-corrected chi connectivity index (χ4v) is 2.50. The number of rotatable bonds is 2. The Morgan fingerprint density at radius 3 is 2.94 bits per heavy atom. The number of morpholine rings is 1. The van der Waals surface area contributed by atoms with Crippen LogP contribution in [-0.4, -0.2) is 43.3 Å². The number of fused-ring (bicyclic) bond motifs is 1. The van der Waals surface area contributed by atoms with Gasteiger partial charge in [0.1, 0.15) is 0 Å². The first-order valence-electron chi connectivity index (χ1n) is 6.05. The maximum atomic E-state index is 9.83. The molecule has 1 saturated heterocycles. The van der Waals surface area contributed by atoms with Gasteiger partial charge in [-0.15, -0.1) is 0 Å². The maximum Gasteiger partial charge on any atom is 0.492 e. The lowest BCUT2D eigenvalue weighted by atomic mass is 9.76. The third-order valence-corrected chi connectivity index (χ3v) is 3.43. The van der Waals surface area contributed by atoms with Crippen LogP contribution in [0.5, 0.6) is 0 Å². The molecule has 1 fully saturated rings. The molecule has 90 valence electrons. The number of hydrogen-bond donors (Lipinski definition) is 1. The van der Waals surface area contributed by atoms with Crippen LogP contribution in [0.3, 0.4) is 0 Å². The van der Waals surface area contributed by atoms with Gasteiger partial charge < -0.3 is 14.4 Å². The summed E-state index contributed by atoms with van der Waals surface area (Å²) >= 11 is 0. The SMILES string of the molecule is OB1OCc2cccc(CN3CCOCC3)c21. The van der Waals surface area contributed by atoms with E-state index in [-0.39, 0.29) is 0 Å². The zero-order valence-corrected chi connectivity index (χ0v) is 9.76. The Morgan fingerprint density at radius 1 is 1.29 bits per heavy atom. The molecule has 0 spiro atoms. The van der Waals surface area contributed by atoms with Crippen molar-refractivity contribution in [3.63, 3.8) is 0 Å². The van der Waals surface area contributed by atoms with Crippen molar-refractivity contribution in [2.45, 2.75) is 13.2 Å². The number of benzene rings is 1. The van der Waals surface area contributed by atoms with Crippen LogP contribution in [0.4, 0.5) is 0 Å². The Hall–Kier alpha value is -0.875. The van der Waals surface area contributed by atoms with Gasteiger partial charge in [-0.3, -0.25) is 4.90 Å². The van der Waals surface area contributed by atoms with E-state index in [4.69, 9.17) is 9.39 Å². The van der Waals surface area contributed by atoms with E-state index in [9.17, 15) is 5.02 Å². The fourth-order valence-electron chi connectivity index (χ4n) is 2.50. The second-order valence-electron chi connectivity index (χ2n) is 4.54. The highest BCUT2D eigenvalue weighted by atomic mass is 16.5. The summed E-state index contributed by atoms with van der Waals surface area (Å²) in [6.07, 6.45) is 0. The molecular weight excluding hydrogens is 217 g/mol. The molecular formula is C12H16BNO3. The van der Waals surface area contributed by atoms with Gasteiger partial charge in [0, 0.05) is 19.6 Å². The summed E-state index contributed by atoms with van der Waals surface area (Å²) in [4.78, 5) is 2.35. The summed E-state index contributed by atoms with van der Waals surface area (Å²) in [6.45, 7) is 4.91. The Labute approximate surface area is 101 Å². The number of nitrogens with zero attached hydrogens (tertiary/aromatic N) is 1. The number of hydrogen-bond acceptors (Lipinski definition) is 4. The molecule has 0 bridgehead atoms. The largest absolute Gasteiger partial charge is 0.492 e. The summed E-state index contributed by atoms with van der Waals surface area (Å²) in [5.41, 5.74) is 3.26. The van der Waals surface area contributed by atoms with E-state index in [0.29, 0.717) is 6.61 Å². The van der Waals surface area contributed by atoms with Crippen LogP contribution in [0.2, 0.25) is 0 Å². The molecule has 1 aromatic rings. The molecule has 0 unspecified atom stereocenters. The van der Waals surface area contributed by atoms with Gasteiger partial charge in [-0.05, 0) is 16.6 Å². The van der Waals surface area contributed by atoms with E-state index in [1.54, 1.807) is 0 Å². The molecule has 2 aliphatic heterocycles. The highest BCUT2D eigenvalue weighted by molar-refractivity contribution is 6.62. The van der Waals surface area contributed by atoms with Gasteiger partial charge in [-0.25, -0.2) is 0 Å². The topological polar surface area (TPSA) is 41.9 Å². The van der Waals surface area contributed by atoms with Crippen LogP contribution in [0.15, 0.2) is 18.2 Å². The van der Waals surface area contributed by atoms with E-state index in [1.165, 1.54) is 5.56 Å². The zero-order chi connectivity index (χ0) is 11.7. The molecule has 2 aliphatic rings. The molecule has 0 aliphatic carbocycles. The summed E-state index contributed by atoms with van der Waals surface area (Å²) in [5, 5.41) is 9.83. The summed E-state index contributed by atoms with van der Waals surface area (Å²) in [6, 6.07) is 6.14. The molecule has 2 heterocycles. The summed E-state index contributed by atoms with van der Waals surface area (Å²) in [7, 11) is -0.748. The molecule has 17 heavy (non-hydrogen) atoms. The fraction of sp³-hybridized carbons (Fsp3) is 0.500. The second-order valence-corrected chi connectivity index (χ2v) is 4.54. The predicted molar refractivity (Wildman–Crippen MR) is 64.9 cm³/mol. The first-order chi connectivity index (χ1) is 8.34. The van der Waals surface area contributed by atoms with Gasteiger partial charge in [0.2, 0.25) is 0 Å². The van der Waals surface area contributed by atoms with Gasteiger partial charge in [0.05, 0.1) is 19.8 Å². The lowest BCUT2D eigenvalue weighted by Crippen LogP contribution is -2.39. The molecule has 1 N–H and O–H groups in total. The van der Waals surface area contributed by atoms with Crippen molar-refractivity contribution in [2.75, 3.05) is 26.3 Å².